The van der Waals surface area contributed by atoms with Gasteiger partial charge in [0.15, 0.2) is 0 Å². The van der Waals surface area contributed by atoms with Crippen molar-refractivity contribution in [1.82, 2.24) is 4.90 Å². The molecule has 1 unspecified atom stereocenters. The average Bonchev–Trinajstić information content (AvgIpc) is 2.27. The highest BCUT2D eigenvalue weighted by atomic mass is 19.3. The van der Waals surface area contributed by atoms with E-state index in [0.29, 0.717) is 11.1 Å². The molecule has 0 aromatic heterocycles. The van der Waals surface area contributed by atoms with Gasteiger partial charge in [-0.15, -0.1) is 0 Å². The van der Waals surface area contributed by atoms with Crippen LogP contribution >= 0.6 is 0 Å². The zero-order chi connectivity index (χ0) is 12.3. The molecule has 1 amide bonds. The monoisotopic (exact) mass is 228 g/mol. The first kappa shape index (κ1) is 12.6. The van der Waals surface area contributed by atoms with Crippen LogP contribution in [-0.2, 0) is 0 Å². The number of carbonyl (C=O) groups is 1. The Kier molecular flexibility index (Phi) is 3.95. The maximum Gasteiger partial charge on any atom is 0.257 e. The lowest BCUT2D eigenvalue weighted by Crippen LogP contribution is -2.22. The number of amides is 1. The van der Waals surface area contributed by atoms with E-state index in [1.54, 1.807) is 14.1 Å². The van der Waals surface area contributed by atoms with Crippen molar-refractivity contribution in [3.63, 3.8) is 0 Å². The number of halogens is 2. The third kappa shape index (κ3) is 2.76. The zero-order valence-corrected chi connectivity index (χ0v) is 9.15. The minimum absolute atomic E-state index is 0.169. The van der Waals surface area contributed by atoms with Gasteiger partial charge in [0.1, 0.15) is 0 Å². The highest BCUT2D eigenvalue weighted by Gasteiger charge is 2.17. The van der Waals surface area contributed by atoms with Gasteiger partial charge in [-0.05, 0) is 17.7 Å². The van der Waals surface area contributed by atoms with E-state index in [1.165, 1.54) is 29.2 Å². The summed E-state index contributed by atoms with van der Waals surface area (Å²) in [5.74, 6) is -0.169. The Hall–Kier alpha value is -1.49. The summed E-state index contributed by atoms with van der Waals surface area (Å²) in [6, 6.07) is 4.60. The first-order valence-corrected chi connectivity index (χ1v) is 4.79. The minimum atomic E-state index is -2.60. The fourth-order valence-corrected chi connectivity index (χ4v) is 1.25. The van der Waals surface area contributed by atoms with Gasteiger partial charge in [0.2, 0.25) is 0 Å². The molecule has 2 N–H and O–H groups in total. The van der Waals surface area contributed by atoms with Crippen molar-refractivity contribution < 1.29 is 13.6 Å². The van der Waals surface area contributed by atoms with Gasteiger partial charge in [0, 0.05) is 19.7 Å². The summed E-state index contributed by atoms with van der Waals surface area (Å²) in [6.07, 6.45) is -2.60. The van der Waals surface area contributed by atoms with E-state index in [1.807, 2.05) is 0 Å². The molecule has 0 aliphatic heterocycles. The lowest BCUT2D eigenvalue weighted by molar-refractivity contribution is 0.0827. The largest absolute Gasteiger partial charge is 0.345 e. The molecule has 1 aromatic carbocycles. The molecule has 1 atom stereocenters. The van der Waals surface area contributed by atoms with Gasteiger partial charge < -0.3 is 10.6 Å². The van der Waals surface area contributed by atoms with Gasteiger partial charge in [-0.1, -0.05) is 12.1 Å². The van der Waals surface area contributed by atoms with Crippen LogP contribution in [0.3, 0.4) is 0 Å². The van der Waals surface area contributed by atoms with Crippen molar-refractivity contribution >= 4 is 5.91 Å². The fourth-order valence-electron chi connectivity index (χ4n) is 1.25. The van der Waals surface area contributed by atoms with Crippen LogP contribution in [0.2, 0.25) is 0 Å². The van der Waals surface area contributed by atoms with Crippen LogP contribution in [0.15, 0.2) is 24.3 Å². The first-order valence-electron chi connectivity index (χ1n) is 4.79. The number of rotatable bonds is 3. The van der Waals surface area contributed by atoms with E-state index >= 15 is 0 Å². The highest BCUT2D eigenvalue weighted by Crippen LogP contribution is 2.18. The predicted octanol–water partition coefficient (Wildman–Crippen LogP) is 1.65. The molecule has 5 heteroatoms. The van der Waals surface area contributed by atoms with Crippen LogP contribution in [0.4, 0.5) is 8.78 Å². The fraction of sp³-hybridized carbons (Fsp3) is 0.364. The Morgan fingerprint density at radius 3 is 2.12 bits per heavy atom. The van der Waals surface area contributed by atoms with Crippen molar-refractivity contribution in [2.24, 2.45) is 5.73 Å². The van der Waals surface area contributed by atoms with Gasteiger partial charge in [-0.2, -0.15) is 0 Å². The third-order valence-corrected chi connectivity index (χ3v) is 2.22. The summed E-state index contributed by atoms with van der Waals surface area (Å²) in [5.41, 5.74) is 6.06. The Morgan fingerprint density at radius 2 is 1.75 bits per heavy atom. The lowest BCUT2D eigenvalue weighted by atomic mass is 10.1. The van der Waals surface area contributed by atoms with Crippen molar-refractivity contribution in [2.45, 2.75) is 12.5 Å². The molecule has 1 rings (SSSR count). The smallest absolute Gasteiger partial charge is 0.257 e. The number of carbonyl (C=O) groups excluding carboxylic acids is 1. The molecule has 3 nitrogen and oxygen atoms in total. The van der Waals surface area contributed by atoms with Gasteiger partial charge >= 0.3 is 0 Å². The second-order valence-corrected chi connectivity index (χ2v) is 3.68. The van der Waals surface area contributed by atoms with Crippen LogP contribution in [0.25, 0.3) is 0 Å². The maximum absolute atomic E-state index is 12.3. The summed E-state index contributed by atoms with van der Waals surface area (Å²) in [6.45, 7) is 0. The minimum Gasteiger partial charge on any atom is -0.345 e. The number of alkyl halides is 2. The first-order chi connectivity index (χ1) is 7.43. The molecule has 1 aromatic rings. The average molecular weight is 228 g/mol. The number of nitrogens with two attached hydrogens (primary N) is 1. The van der Waals surface area contributed by atoms with E-state index in [9.17, 15) is 13.6 Å². The normalized spacial score (nSPS) is 12.6. The van der Waals surface area contributed by atoms with Crippen molar-refractivity contribution in [3.05, 3.63) is 35.4 Å². The van der Waals surface area contributed by atoms with E-state index < -0.39 is 12.5 Å². The Bertz CT molecular complexity index is 363. The Balaban J connectivity index is 2.87. The van der Waals surface area contributed by atoms with Crippen LogP contribution < -0.4 is 5.73 Å². The summed E-state index contributed by atoms with van der Waals surface area (Å²) < 4.78 is 24.6. The van der Waals surface area contributed by atoms with E-state index in [4.69, 9.17) is 5.73 Å². The maximum atomic E-state index is 12.3. The summed E-state index contributed by atoms with van der Waals surface area (Å²) in [5, 5.41) is 0. The highest BCUT2D eigenvalue weighted by molar-refractivity contribution is 5.93. The number of benzene rings is 1. The standard InChI is InChI=1S/C11H14F2N2O/c1-15(2)11(16)8-5-3-7(4-6-8)9(14)10(12)13/h3-6,9-10H,14H2,1-2H3. The van der Waals surface area contributed by atoms with E-state index in [0.717, 1.165) is 0 Å². The molecule has 0 saturated heterocycles. The molecule has 0 saturated carbocycles. The van der Waals surface area contributed by atoms with Crippen LogP contribution in [0.5, 0.6) is 0 Å². The summed E-state index contributed by atoms with van der Waals surface area (Å²) >= 11 is 0. The second-order valence-electron chi connectivity index (χ2n) is 3.68. The van der Waals surface area contributed by atoms with Crippen LogP contribution in [0, 0.1) is 0 Å². The Labute approximate surface area is 92.8 Å². The van der Waals surface area contributed by atoms with Crippen molar-refractivity contribution in [3.8, 4) is 0 Å². The SMILES string of the molecule is CN(C)C(=O)c1ccc(C(N)C(F)F)cc1. The van der Waals surface area contributed by atoms with Crippen molar-refractivity contribution in [2.75, 3.05) is 14.1 Å². The number of hydrogen-bond donors (Lipinski definition) is 1. The third-order valence-electron chi connectivity index (χ3n) is 2.22. The van der Waals surface area contributed by atoms with Gasteiger partial charge in [0.25, 0.3) is 12.3 Å². The van der Waals surface area contributed by atoms with Crippen molar-refractivity contribution in [1.29, 1.82) is 0 Å². The predicted molar refractivity (Wildman–Crippen MR) is 57.4 cm³/mol. The molecule has 0 aliphatic carbocycles. The molecule has 0 spiro atoms. The quantitative estimate of drug-likeness (QED) is 0.855. The van der Waals surface area contributed by atoms with Gasteiger partial charge in [-0.3, -0.25) is 4.79 Å². The Morgan fingerprint density at radius 1 is 1.25 bits per heavy atom. The molecule has 0 fully saturated rings. The molecule has 0 bridgehead atoms. The van der Waals surface area contributed by atoms with E-state index in [-0.39, 0.29) is 5.91 Å². The topological polar surface area (TPSA) is 46.3 Å². The lowest BCUT2D eigenvalue weighted by Gasteiger charge is -2.13. The van der Waals surface area contributed by atoms with Gasteiger partial charge in [0.05, 0.1) is 6.04 Å². The number of nitrogens with zero attached hydrogens (tertiary/aromatic N) is 1. The molecule has 0 aliphatic rings. The molecular weight excluding hydrogens is 214 g/mol. The molecule has 0 heterocycles. The molecule has 16 heavy (non-hydrogen) atoms. The van der Waals surface area contributed by atoms with Gasteiger partial charge in [-0.25, -0.2) is 8.78 Å². The summed E-state index contributed by atoms with van der Waals surface area (Å²) in [7, 11) is 3.25. The molecular formula is C11H14F2N2O. The molecule has 88 valence electrons. The van der Waals surface area contributed by atoms with Crippen LogP contribution in [-0.4, -0.2) is 31.3 Å². The second kappa shape index (κ2) is 5.03. The summed E-state index contributed by atoms with van der Waals surface area (Å²) in [4.78, 5) is 12.9. The number of hydrogen-bond acceptors (Lipinski definition) is 2. The van der Waals surface area contributed by atoms with E-state index in [2.05, 4.69) is 0 Å². The van der Waals surface area contributed by atoms with Crippen LogP contribution in [0.1, 0.15) is 22.0 Å². The molecule has 0 radical (unpaired) electrons. The zero-order valence-electron chi connectivity index (χ0n) is 9.15.